The van der Waals surface area contributed by atoms with Crippen molar-refractivity contribution in [2.45, 2.75) is 12.7 Å². The van der Waals surface area contributed by atoms with Crippen molar-refractivity contribution in [3.8, 4) is 0 Å². The Morgan fingerprint density at radius 2 is 2.06 bits per heavy atom. The largest absolute Gasteiger partial charge is 0.417 e. The van der Waals surface area contributed by atoms with Gasteiger partial charge >= 0.3 is 6.18 Å². The molecule has 8 heteroatoms. The lowest BCUT2D eigenvalue weighted by Gasteiger charge is -2.10. The SMILES string of the molecule is FC(F)(F)c1ccc(Cn2cnnn2)cc1Cl. The highest BCUT2D eigenvalue weighted by molar-refractivity contribution is 6.31. The summed E-state index contributed by atoms with van der Waals surface area (Å²) >= 11 is 5.57. The minimum Gasteiger partial charge on any atom is -0.228 e. The normalized spacial score (nSPS) is 11.8. The first-order valence-electron chi connectivity index (χ1n) is 4.53. The first-order chi connectivity index (χ1) is 7.97. The quantitative estimate of drug-likeness (QED) is 0.835. The van der Waals surface area contributed by atoms with Gasteiger partial charge in [-0.25, -0.2) is 4.68 Å². The lowest BCUT2D eigenvalue weighted by molar-refractivity contribution is -0.137. The monoisotopic (exact) mass is 262 g/mol. The Kier molecular flexibility index (Phi) is 3.01. The minimum absolute atomic E-state index is 0.269. The van der Waals surface area contributed by atoms with Crippen LogP contribution in [0.25, 0.3) is 0 Å². The second-order valence-corrected chi connectivity index (χ2v) is 3.73. The van der Waals surface area contributed by atoms with Gasteiger partial charge in [0.05, 0.1) is 17.1 Å². The Morgan fingerprint density at radius 3 is 2.59 bits per heavy atom. The van der Waals surface area contributed by atoms with E-state index < -0.39 is 11.7 Å². The Balaban J connectivity index is 2.25. The Hall–Kier alpha value is -1.63. The van der Waals surface area contributed by atoms with Gasteiger partial charge in [0, 0.05) is 0 Å². The van der Waals surface area contributed by atoms with E-state index in [2.05, 4.69) is 15.5 Å². The molecule has 0 spiro atoms. The van der Waals surface area contributed by atoms with E-state index in [1.807, 2.05) is 0 Å². The topological polar surface area (TPSA) is 43.6 Å². The van der Waals surface area contributed by atoms with E-state index in [0.29, 0.717) is 5.56 Å². The molecule has 1 aromatic carbocycles. The van der Waals surface area contributed by atoms with Gasteiger partial charge in [-0.15, -0.1) is 5.10 Å². The molecular weight excluding hydrogens is 257 g/mol. The van der Waals surface area contributed by atoms with Crippen molar-refractivity contribution in [1.82, 2.24) is 20.2 Å². The molecule has 2 rings (SSSR count). The Morgan fingerprint density at radius 1 is 1.29 bits per heavy atom. The molecule has 0 saturated heterocycles. The third-order valence-electron chi connectivity index (χ3n) is 2.07. The number of aromatic nitrogens is 4. The number of halogens is 4. The zero-order valence-electron chi connectivity index (χ0n) is 8.32. The zero-order valence-corrected chi connectivity index (χ0v) is 9.07. The summed E-state index contributed by atoms with van der Waals surface area (Å²) in [7, 11) is 0. The van der Waals surface area contributed by atoms with E-state index in [4.69, 9.17) is 11.6 Å². The predicted molar refractivity (Wildman–Crippen MR) is 53.4 cm³/mol. The van der Waals surface area contributed by atoms with Gasteiger partial charge in [0.1, 0.15) is 6.33 Å². The molecule has 0 bridgehead atoms. The maximum atomic E-state index is 12.4. The molecule has 0 unspecified atom stereocenters. The fourth-order valence-electron chi connectivity index (χ4n) is 1.33. The van der Waals surface area contributed by atoms with Gasteiger partial charge in [-0.1, -0.05) is 17.7 Å². The molecule has 0 N–H and O–H groups in total. The molecular formula is C9H6ClF3N4. The maximum Gasteiger partial charge on any atom is 0.417 e. The van der Waals surface area contributed by atoms with Crippen molar-refractivity contribution >= 4 is 11.6 Å². The number of benzene rings is 1. The van der Waals surface area contributed by atoms with Crippen LogP contribution in [0, 0.1) is 0 Å². The molecule has 1 heterocycles. The van der Waals surface area contributed by atoms with Gasteiger partial charge in [0.2, 0.25) is 0 Å². The molecule has 0 saturated carbocycles. The van der Waals surface area contributed by atoms with Crippen LogP contribution in [0.1, 0.15) is 11.1 Å². The zero-order chi connectivity index (χ0) is 12.5. The summed E-state index contributed by atoms with van der Waals surface area (Å²) in [5.41, 5.74) is -0.255. The number of tetrazole rings is 1. The smallest absolute Gasteiger partial charge is 0.228 e. The van der Waals surface area contributed by atoms with Gasteiger partial charge < -0.3 is 0 Å². The third-order valence-corrected chi connectivity index (χ3v) is 2.39. The highest BCUT2D eigenvalue weighted by atomic mass is 35.5. The van der Waals surface area contributed by atoms with E-state index in [1.165, 1.54) is 23.1 Å². The van der Waals surface area contributed by atoms with Gasteiger partial charge in [-0.2, -0.15) is 13.2 Å². The van der Waals surface area contributed by atoms with Crippen LogP contribution in [-0.2, 0) is 12.7 Å². The van der Waals surface area contributed by atoms with E-state index >= 15 is 0 Å². The Bertz CT molecular complexity index is 509. The van der Waals surface area contributed by atoms with Crippen molar-refractivity contribution in [3.05, 3.63) is 40.7 Å². The van der Waals surface area contributed by atoms with Crippen molar-refractivity contribution in [2.75, 3.05) is 0 Å². The van der Waals surface area contributed by atoms with Crippen LogP contribution in [0.4, 0.5) is 13.2 Å². The molecule has 1 aromatic heterocycles. The second-order valence-electron chi connectivity index (χ2n) is 3.32. The average molecular weight is 263 g/mol. The molecule has 0 aliphatic heterocycles. The number of hydrogen-bond donors (Lipinski definition) is 0. The molecule has 0 aliphatic rings. The number of rotatable bonds is 2. The second kappa shape index (κ2) is 4.33. The van der Waals surface area contributed by atoms with Crippen LogP contribution in [0.5, 0.6) is 0 Å². The van der Waals surface area contributed by atoms with Gasteiger partial charge in [-0.05, 0) is 28.1 Å². The maximum absolute atomic E-state index is 12.4. The van der Waals surface area contributed by atoms with E-state index in [-0.39, 0.29) is 11.6 Å². The van der Waals surface area contributed by atoms with Gasteiger partial charge in [0.15, 0.2) is 0 Å². The number of nitrogens with zero attached hydrogens (tertiary/aromatic N) is 4. The Labute approximate surface area is 99.0 Å². The average Bonchev–Trinajstić information content (AvgIpc) is 2.68. The van der Waals surface area contributed by atoms with Crippen LogP contribution in [0.15, 0.2) is 24.5 Å². The van der Waals surface area contributed by atoms with Crippen LogP contribution in [0.3, 0.4) is 0 Å². The van der Waals surface area contributed by atoms with Crippen molar-refractivity contribution in [1.29, 1.82) is 0 Å². The predicted octanol–water partition coefficient (Wildman–Crippen LogP) is 2.39. The van der Waals surface area contributed by atoms with Gasteiger partial charge in [0.25, 0.3) is 0 Å². The third kappa shape index (κ3) is 2.73. The molecule has 4 nitrogen and oxygen atoms in total. The molecule has 2 aromatic rings. The number of alkyl halides is 3. The molecule has 90 valence electrons. The van der Waals surface area contributed by atoms with E-state index in [1.54, 1.807) is 0 Å². The highest BCUT2D eigenvalue weighted by Gasteiger charge is 2.32. The molecule has 0 radical (unpaired) electrons. The van der Waals surface area contributed by atoms with Crippen molar-refractivity contribution in [3.63, 3.8) is 0 Å². The summed E-state index contributed by atoms with van der Waals surface area (Å²) in [5, 5.41) is 10.1. The van der Waals surface area contributed by atoms with Crippen LogP contribution >= 0.6 is 11.6 Å². The minimum atomic E-state index is -4.44. The fourth-order valence-corrected chi connectivity index (χ4v) is 1.64. The molecule has 17 heavy (non-hydrogen) atoms. The standard InChI is InChI=1S/C9H6ClF3N4/c10-8-3-6(4-17-5-14-15-16-17)1-2-7(8)9(11,12)13/h1-3,5H,4H2. The fraction of sp³-hybridized carbons (Fsp3) is 0.222. The first kappa shape index (κ1) is 11.8. The van der Waals surface area contributed by atoms with Crippen molar-refractivity contribution < 1.29 is 13.2 Å². The number of hydrogen-bond acceptors (Lipinski definition) is 3. The van der Waals surface area contributed by atoms with Crippen LogP contribution < -0.4 is 0 Å². The lowest BCUT2D eigenvalue weighted by atomic mass is 10.1. The molecule has 0 aliphatic carbocycles. The lowest BCUT2D eigenvalue weighted by Crippen LogP contribution is -2.07. The summed E-state index contributed by atoms with van der Waals surface area (Å²) in [5.74, 6) is 0. The first-order valence-corrected chi connectivity index (χ1v) is 4.91. The van der Waals surface area contributed by atoms with E-state index in [0.717, 1.165) is 6.07 Å². The molecule has 0 fully saturated rings. The summed E-state index contributed by atoms with van der Waals surface area (Å²) in [4.78, 5) is 0. The molecule has 0 amide bonds. The summed E-state index contributed by atoms with van der Waals surface area (Å²) < 4.78 is 38.7. The summed E-state index contributed by atoms with van der Waals surface area (Å²) in [6, 6.07) is 3.55. The van der Waals surface area contributed by atoms with Crippen LogP contribution in [0.2, 0.25) is 5.02 Å². The van der Waals surface area contributed by atoms with Crippen LogP contribution in [-0.4, -0.2) is 20.2 Å². The van der Waals surface area contributed by atoms with Gasteiger partial charge in [-0.3, -0.25) is 0 Å². The highest BCUT2D eigenvalue weighted by Crippen LogP contribution is 2.34. The summed E-state index contributed by atoms with van der Waals surface area (Å²) in [6.07, 6.45) is -3.07. The molecule has 0 atom stereocenters. The summed E-state index contributed by atoms with van der Waals surface area (Å²) in [6.45, 7) is 0.269. The van der Waals surface area contributed by atoms with E-state index in [9.17, 15) is 13.2 Å². The van der Waals surface area contributed by atoms with Crippen molar-refractivity contribution in [2.24, 2.45) is 0 Å².